The molecule has 1 aliphatic heterocycles. The zero-order valence-corrected chi connectivity index (χ0v) is 12.2. The highest BCUT2D eigenvalue weighted by Crippen LogP contribution is 2.51. The standard InChI is InChI=1S/C18H19P/c1-16-12-13-19(14-16,18-10-6-3-7-11-18)15-17-8-4-2-5-9-17/h2-12,15H,13-14H2,1H3. The van der Waals surface area contributed by atoms with Gasteiger partial charge in [-0.2, -0.15) is 0 Å². The van der Waals surface area contributed by atoms with Crippen LogP contribution in [-0.4, -0.2) is 18.1 Å². The molecule has 0 bridgehead atoms. The quantitative estimate of drug-likeness (QED) is 0.566. The van der Waals surface area contributed by atoms with Crippen molar-refractivity contribution in [3.8, 4) is 0 Å². The van der Waals surface area contributed by atoms with E-state index in [9.17, 15) is 0 Å². The molecule has 0 N–H and O–H groups in total. The number of allylic oxidation sites excluding steroid dienone is 2. The van der Waals surface area contributed by atoms with Crippen molar-refractivity contribution in [1.82, 2.24) is 0 Å². The van der Waals surface area contributed by atoms with Gasteiger partial charge in [-0.1, -0.05) is 85.0 Å². The lowest BCUT2D eigenvalue weighted by molar-refractivity contribution is 1.42. The lowest BCUT2D eigenvalue weighted by atomic mass is 10.2. The van der Waals surface area contributed by atoms with Gasteiger partial charge in [-0.3, -0.25) is 0 Å². The fourth-order valence-electron chi connectivity index (χ4n) is 2.81. The van der Waals surface area contributed by atoms with E-state index in [1.54, 1.807) is 5.57 Å². The predicted octanol–water partition coefficient (Wildman–Crippen LogP) is 4.14. The van der Waals surface area contributed by atoms with E-state index in [1.807, 2.05) is 0 Å². The van der Waals surface area contributed by atoms with Gasteiger partial charge in [-0.15, -0.1) is 0 Å². The molecule has 1 atom stereocenters. The molecule has 3 rings (SSSR count). The van der Waals surface area contributed by atoms with Crippen molar-refractivity contribution < 1.29 is 0 Å². The molecule has 0 spiro atoms. The molecular weight excluding hydrogens is 247 g/mol. The molecule has 96 valence electrons. The summed E-state index contributed by atoms with van der Waals surface area (Å²) in [5, 5.41) is 1.53. The van der Waals surface area contributed by atoms with Gasteiger partial charge in [-0.05, 0) is 30.1 Å². The van der Waals surface area contributed by atoms with Gasteiger partial charge in [0.1, 0.15) is 0 Å². The maximum absolute atomic E-state index is 2.55. The first-order chi connectivity index (χ1) is 9.28. The molecule has 2 aromatic rings. The van der Waals surface area contributed by atoms with E-state index in [2.05, 4.69) is 79.5 Å². The molecule has 1 aliphatic rings. The van der Waals surface area contributed by atoms with Crippen molar-refractivity contribution in [2.75, 3.05) is 12.3 Å². The van der Waals surface area contributed by atoms with Crippen LogP contribution in [0, 0.1) is 0 Å². The second-order valence-corrected chi connectivity index (χ2v) is 8.82. The number of rotatable bonds is 2. The van der Waals surface area contributed by atoms with E-state index in [0.717, 1.165) is 0 Å². The minimum absolute atomic E-state index is 1.19. The zero-order valence-electron chi connectivity index (χ0n) is 11.3. The van der Waals surface area contributed by atoms with Gasteiger partial charge in [0, 0.05) is 0 Å². The summed E-state index contributed by atoms with van der Waals surface area (Å²) in [6.45, 7) is 1.07. The molecule has 0 saturated carbocycles. The highest BCUT2D eigenvalue weighted by molar-refractivity contribution is 7.82. The molecule has 0 radical (unpaired) electrons. The van der Waals surface area contributed by atoms with Gasteiger partial charge in [0.15, 0.2) is 0 Å². The first kappa shape index (κ1) is 12.5. The molecule has 1 heteroatoms. The molecule has 0 amide bonds. The van der Waals surface area contributed by atoms with Crippen molar-refractivity contribution in [2.24, 2.45) is 0 Å². The summed E-state index contributed by atoms with van der Waals surface area (Å²) in [5.74, 6) is 2.55. The van der Waals surface area contributed by atoms with Gasteiger partial charge in [0.2, 0.25) is 0 Å². The Morgan fingerprint density at radius 1 is 0.895 bits per heavy atom. The Hall–Kier alpha value is -1.52. The van der Waals surface area contributed by atoms with Crippen LogP contribution < -0.4 is 5.30 Å². The molecule has 0 aliphatic carbocycles. The van der Waals surface area contributed by atoms with E-state index in [1.165, 1.54) is 23.2 Å². The minimum Gasteiger partial charge on any atom is -0.0807 e. The predicted molar refractivity (Wildman–Crippen MR) is 88.1 cm³/mol. The fraction of sp³-hybridized carbons (Fsp3) is 0.167. The van der Waals surface area contributed by atoms with Crippen LogP contribution in [0.25, 0.3) is 0 Å². The summed E-state index contributed by atoms with van der Waals surface area (Å²) < 4.78 is 0. The average molecular weight is 266 g/mol. The molecular formula is C18H19P. The van der Waals surface area contributed by atoms with Crippen LogP contribution in [0.3, 0.4) is 0 Å². The fourth-order valence-corrected chi connectivity index (χ4v) is 6.85. The molecule has 19 heavy (non-hydrogen) atoms. The maximum atomic E-state index is 2.55. The Morgan fingerprint density at radius 3 is 2.11 bits per heavy atom. The van der Waals surface area contributed by atoms with Gasteiger partial charge in [0.25, 0.3) is 0 Å². The third-order valence-corrected chi connectivity index (χ3v) is 7.78. The molecule has 1 heterocycles. The Balaban J connectivity index is 2.12. The third-order valence-electron chi connectivity index (χ3n) is 3.76. The summed E-state index contributed by atoms with van der Waals surface area (Å²) in [6, 6.07) is 21.8. The van der Waals surface area contributed by atoms with Crippen molar-refractivity contribution in [3.05, 3.63) is 77.9 Å². The highest BCUT2D eigenvalue weighted by atomic mass is 31.2. The topological polar surface area (TPSA) is 0 Å². The number of hydrogen-bond donors (Lipinski definition) is 0. The highest BCUT2D eigenvalue weighted by Gasteiger charge is 2.23. The molecule has 1 unspecified atom stereocenters. The maximum Gasteiger partial charge on any atom is -0.00777 e. The molecule has 2 aromatic carbocycles. The van der Waals surface area contributed by atoms with E-state index in [-0.39, 0.29) is 0 Å². The first-order valence-corrected chi connectivity index (χ1v) is 9.00. The Labute approximate surface area is 115 Å². The lowest BCUT2D eigenvalue weighted by Crippen LogP contribution is -2.09. The smallest absolute Gasteiger partial charge is 0.00777 e. The minimum atomic E-state index is -1.19. The van der Waals surface area contributed by atoms with Crippen molar-refractivity contribution in [3.63, 3.8) is 0 Å². The Morgan fingerprint density at radius 2 is 1.53 bits per heavy atom. The summed E-state index contributed by atoms with van der Waals surface area (Å²) in [4.78, 5) is 0. The van der Waals surface area contributed by atoms with E-state index < -0.39 is 6.89 Å². The SMILES string of the molecule is CC1=CCP(=Cc2ccccc2)(c2ccccc2)C1. The van der Waals surface area contributed by atoms with Crippen LogP contribution in [0.1, 0.15) is 12.5 Å². The van der Waals surface area contributed by atoms with Crippen LogP contribution >= 0.6 is 6.89 Å². The van der Waals surface area contributed by atoms with Crippen molar-refractivity contribution in [1.29, 1.82) is 0 Å². The number of hydrogen-bond acceptors (Lipinski definition) is 0. The largest absolute Gasteiger partial charge is 0.0807 e. The molecule has 0 aromatic heterocycles. The van der Waals surface area contributed by atoms with E-state index >= 15 is 0 Å². The van der Waals surface area contributed by atoms with Crippen LogP contribution in [0.15, 0.2) is 72.3 Å². The average Bonchev–Trinajstić information content (AvgIpc) is 2.83. The number of benzene rings is 2. The normalized spacial score (nSPS) is 22.1. The first-order valence-electron chi connectivity index (χ1n) is 6.77. The van der Waals surface area contributed by atoms with Crippen LogP contribution in [0.5, 0.6) is 0 Å². The van der Waals surface area contributed by atoms with Gasteiger partial charge < -0.3 is 0 Å². The van der Waals surface area contributed by atoms with Gasteiger partial charge in [0.05, 0.1) is 0 Å². The van der Waals surface area contributed by atoms with Gasteiger partial charge >= 0.3 is 0 Å². The lowest BCUT2D eigenvalue weighted by Gasteiger charge is -2.22. The summed E-state index contributed by atoms with van der Waals surface area (Å²) in [6.07, 6.45) is 4.89. The van der Waals surface area contributed by atoms with Crippen molar-refractivity contribution in [2.45, 2.75) is 6.92 Å². The van der Waals surface area contributed by atoms with Crippen LogP contribution in [-0.2, 0) is 0 Å². The molecule has 0 fully saturated rings. The van der Waals surface area contributed by atoms with Crippen molar-refractivity contribution >= 4 is 18.0 Å². The summed E-state index contributed by atoms with van der Waals surface area (Å²) in [5.41, 5.74) is 2.91. The molecule has 0 nitrogen and oxygen atoms in total. The second-order valence-electron chi connectivity index (χ2n) is 5.30. The van der Waals surface area contributed by atoms with Gasteiger partial charge in [-0.25, -0.2) is 0 Å². The molecule has 0 saturated heterocycles. The third kappa shape index (κ3) is 2.60. The summed E-state index contributed by atoms with van der Waals surface area (Å²) in [7, 11) is 0. The Kier molecular flexibility index (Phi) is 3.44. The van der Waals surface area contributed by atoms with Crippen LogP contribution in [0.2, 0.25) is 0 Å². The van der Waals surface area contributed by atoms with E-state index in [4.69, 9.17) is 0 Å². The Bertz CT molecular complexity index is 636. The summed E-state index contributed by atoms with van der Waals surface area (Å²) >= 11 is 0. The monoisotopic (exact) mass is 266 g/mol. The zero-order chi connectivity index (χ0) is 13.1. The second kappa shape index (κ2) is 5.23. The van der Waals surface area contributed by atoms with E-state index in [0.29, 0.717) is 0 Å². The van der Waals surface area contributed by atoms with Crippen LogP contribution in [0.4, 0.5) is 0 Å².